The van der Waals surface area contributed by atoms with Crippen LogP contribution in [0.3, 0.4) is 0 Å². The Labute approximate surface area is 201 Å². The SMILES string of the molecule is COc1ccc(CCCN(C)CCCN2CCc3cc(Cl)c(Cl)cc3CC2=O)cc1OC. The Morgan fingerprint density at radius 1 is 0.969 bits per heavy atom. The molecular formula is C25H32Cl2N2O3. The van der Waals surface area contributed by atoms with E-state index in [2.05, 4.69) is 18.0 Å². The summed E-state index contributed by atoms with van der Waals surface area (Å²) in [4.78, 5) is 17.0. The molecule has 1 aliphatic rings. The van der Waals surface area contributed by atoms with Gasteiger partial charge in [0.15, 0.2) is 11.5 Å². The largest absolute Gasteiger partial charge is 0.493 e. The van der Waals surface area contributed by atoms with Crippen molar-refractivity contribution in [2.24, 2.45) is 0 Å². The van der Waals surface area contributed by atoms with Gasteiger partial charge in [-0.1, -0.05) is 29.3 Å². The number of carbonyl (C=O) groups excluding carboxylic acids is 1. The normalized spacial score (nSPS) is 13.8. The lowest BCUT2D eigenvalue weighted by Gasteiger charge is -2.23. The van der Waals surface area contributed by atoms with Crippen LogP contribution >= 0.6 is 23.2 Å². The van der Waals surface area contributed by atoms with Crippen LogP contribution in [-0.2, 0) is 24.1 Å². The molecule has 5 nitrogen and oxygen atoms in total. The van der Waals surface area contributed by atoms with E-state index in [4.69, 9.17) is 32.7 Å². The lowest BCUT2D eigenvalue weighted by atomic mass is 10.0. The first-order chi connectivity index (χ1) is 15.4. The molecule has 2 aromatic rings. The van der Waals surface area contributed by atoms with Gasteiger partial charge in [-0.2, -0.15) is 0 Å². The zero-order chi connectivity index (χ0) is 23.1. The van der Waals surface area contributed by atoms with Crippen LogP contribution in [0.15, 0.2) is 30.3 Å². The Balaban J connectivity index is 1.40. The van der Waals surface area contributed by atoms with Crippen molar-refractivity contribution in [3.63, 3.8) is 0 Å². The van der Waals surface area contributed by atoms with Crippen LogP contribution < -0.4 is 9.47 Å². The van der Waals surface area contributed by atoms with Gasteiger partial charge in [0.2, 0.25) is 5.91 Å². The van der Waals surface area contributed by atoms with Crippen molar-refractivity contribution >= 4 is 29.1 Å². The topological polar surface area (TPSA) is 42.0 Å². The predicted octanol–water partition coefficient (Wildman–Crippen LogP) is 4.89. The summed E-state index contributed by atoms with van der Waals surface area (Å²) in [5.41, 5.74) is 3.37. The van der Waals surface area contributed by atoms with E-state index in [-0.39, 0.29) is 5.91 Å². The lowest BCUT2D eigenvalue weighted by molar-refractivity contribution is -0.130. The summed E-state index contributed by atoms with van der Waals surface area (Å²) in [5, 5.41) is 1.07. The zero-order valence-corrected chi connectivity index (χ0v) is 20.6. The smallest absolute Gasteiger partial charge is 0.227 e. The van der Waals surface area contributed by atoms with Crippen molar-refractivity contribution in [3.05, 3.63) is 57.1 Å². The van der Waals surface area contributed by atoms with Crippen molar-refractivity contribution in [2.75, 3.05) is 47.4 Å². The molecular weight excluding hydrogens is 447 g/mol. The number of hydrogen-bond donors (Lipinski definition) is 0. The molecule has 7 heteroatoms. The van der Waals surface area contributed by atoms with Crippen LogP contribution in [0.2, 0.25) is 10.0 Å². The highest BCUT2D eigenvalue weighted by Crippen LogP contribution is 2.29. The standard InChI is InChI=1S/C25H32Cl2N2O3/c1-28(10-4-6-18-7-8-23(31-2)24(14-18)32-3)11-5-12-29-13-9-19-15-21(26)22(27)16-20(19)17-25(29)30/h7-8,14-16H,4-6,9-13,17H2,1-3H3. The number of fused-ring (bicyclic) bond motifs is 1. The Bertz CT molecular complexity index is 936. The fourth-order valence-electron chi connectivity index (χ4n) is 4.15. The highest BCUT2D eigenvalue weighted by molar-refractivity contribution is 6.42. The van der Waals surface area contributed by atoms with Gasteiger partial charge in [-0.3, -0.25) is 4.79 Å². The molecule has 32 heavy (non-hydrogen) atoms. The molecule has 0 aliphatic carbocycles. The number of carbonyl (C=O) groups is 1. The van der Waals surface area contributed by atoms with Crippen LogP contribution in [0.5, 0.6) is 11.5 Å². The maximum Gasteiger partial charge on any atom is 0.227 e. The third kappa shape index (κ3) is 6.53. The maximum atomic E-state index is 12.7. The monoisotopic (exact) mass is 478 g/mol. The van der Waals surface area contributed by atoms with E-state index in [9.17, 15) is 4.79 Å². The van der Waals surface area contributed by atoms with Gasteiger partial charge in [0, 0.05) is 13.1 Å². The molecule has 0 unspecified atom stereocenters. The van der Waals surface area contributed by atoms with Gasteiger partial charge in [-0.15, -0.1) is 0 Å². The number of rotatable bonds is 10. The summed E-state index contributed by atoms with van der Waals surface area (Å²) in [6.07, 6.45) is 4.22. The van der Waals surface area contributed by atoms with E-state index in [0.717, 1.165) is 74.5 Å². The third-order valence-corrected chi connectivity index (χ3v) is 6.73. The molecule has 0 aromatic heterocycles. The quantitative estimate of drug-likeness (QED) is 0.487. The number of halogens is 2. The minimum atomic E-state index is 0.165. The average molecular weight is 479 g/mol. The molecule has 0 spiro atoms. The minimum Gasteiger partial charge on any atom is -0.493 e. The lowest BCUT2D eigenvalue weighted by Crippen LogP contribution is -2.35. The van der Waals surface area contributed by atoms with E-state index in [1.54, 1.807) is 14.2 Å². The Morgan fingerprint density at radius 2 is 1.66 bits per heavy atom. The molecule has 2 aromatic carbocycles. The molecule has 1 aliphatic heterocycles. The highest BCUT2D eigenvalue weighted by Gasteiger charge is 2.21. The molecule has 1 heterocycles. The molecule has 3 rings (SSSR count). The summed E-state index contributed by atoms with van der Waals surface area (Å²) in [6, 6.07) is 9.83. The van der Waals surface area contributed by atoms with Crippen LogP contribution in [0.1, 0.15) is 29.5 Å². The molecule has 0 N–H and O–H groups in total. The van der Waals surface area contributed by atoms with E-state index in [1.165, 1.54) is 5.56 Å². The maximum absolute atomic E-state index is 12.7. The zero-order valence-electron chi connectivity index (χ0n) is 19.1. The van der Waals surface area contributed by atoms with Gasteiger partial charge < -0.3 is 19.3 Å². The van der Waals surface area contributed by atoms with E-state index >= 15 is 0 Å². The molecule has 0 saturated heterocycles. The molecule has 0 radical (unpaired) electrons. The van der Waals surface area contributed by atoms with Crippen molar-refractivity contribution in [3.8, 4) is 11.5 Å². The number of nitrogens with zero attached hydrogens (tertiary/aromatic N) is 2. The van der Waals surface area contributed by atoms with Crippen LogP contribution in [0, 0.1) is 0 Å². The van der Waals surface area contributed by atoms with Crippen molar-refractivity contribution in [2.45, 2.75) is 32.1 Å². The van der Waals surface area contributed by atoms with Gasteiger partial charge in [0.25, 0.3) is 0 Å². The Kier molecular flexibility index (Phi) is 9.09. The summed E-state index contributed by atoms with van der Waals surface area (Å²) in [5.74, 6) is 1.69. The number of ether oxygens (including phenoxy) is 2. The minimum absolute atomic E-state index is 0.165. The second-order valence-corrected chi connectivity index (χ2v) is 9.11. The number of aryl methyl sites for hydroxylation is 1. The molecule has 174 valence electrons. The van der Waals surface area contributed by atoms with Crippen molar-refractivity contribution < 1.29 is 14.3 Å². The van der Waals surface area contributed by atoms with Crippen LogP contribution in [0.25, 0.3) is 0 Å². The van der Waals surface area contributed by atoms with Gasteiger partial charge in [0.05, 0.1) is 30.7 Å². The molecule has 0 bridgehead atoms. The summed E-state index contributed by atoms with van der Waals surface area (Å²) in [7, 11) is 5.45. The highest BCUT2D eigenvalue weighted by atomic mass is 35.5. The number of methoxy groups -OCH3 is 2. The van der Waals surface area contributed by atoms with Gasteiger partial charge in [0.1, 0.15) is 0 Å². The van der Waals surface area contributed by atoms with Crippen LogP contribution in [0.4, 0.5) is 0 Å². The second kappa shape index (κ2) is 11.8. The molecule has 1 amide bonds. The van der Waals surface area contributed by atoms with E-state index < -0.39 is 0 Å². The van der Waals surface area contributed by atoms with Crippen molar-refractivity contribution in [1.29, 1.82) is 0 Å². The fourth-order valence-corrected chi connectivity index (χ4v) is 4.52. The van der Waals surface area contributed by atoms with Gasteiger partial charge in [-0.25, -0.2) is 0 Å². The first kappa shape index (κ1) is 24.7. The summed E-state index contributed by atoms with van der Waals surface area (Å²) >= 11 is 12.3. The molecule has 0 saturated carbocycles. The first-order valence-electron chi connectivity index (χ1n) is 11.0. The van der Waals surface area contributed by atoms with Gasteiger partial charge >= 0.3 is 0 Å². The summed E-state index contributed by atoms with van der Waals surface area (Å²) < 4.78 is 10.7. The first-order valence-corrected chi connectivity index (χ1v) is 11.8. The second-order valence-electron chi connectivity index (χ2n) is 8.29. The number of hydrogen-bond acceptors (Lipinski definition) is 4. The van der Waals surface area contributed by atoms with Crippen LogP contribution in [-0.4, -0.2) is 63.2 Å². The van der Waals surface area contributed by atoms with E-state index in [0.29, 0.717) is 16.5 Å². The summed E-state index contributed by atoms with van der Waals surface area (Å²) in [6.45, 7) is 3.46. The third-order valence-electron chi connectivity index (χ3n) is 6.01. The average Bonchev–Trinajstić information content (AvgIpc) is 2.92. The Morgan fingerprint density at radius 3 is 2.38 bits per heavy atom. The number of benzene rings is 2. The predicted molar refractivity (Wildman–Crippen MR) is 130 cm³/mol. The van der Waals surface area contributed by atoms with E-state index in [1.807, 2.05) is 29.2 Å². The van der Waals surface area contributed by atoms with Gasteiger partial charge in [-0.05, 0) is 86.8 Å². The Hall–Kier alpha value is -1.95. The van der Waals surface area contributed by atoms with Crippen molar-refractivity contribution in [1.82, 2.24) is 9.80 Å². The molecule has 0 atom stereocenters. The fraction of sp³-hybridized carbons (Fsp3) is 0.480. The molecule has 0 fully saturated rings. The number of amides is 1.